The van der Waals surface area contributed by atoms with Crippen molar-refractivity contribution in [3.63, 3.8) is 0 Å². The number of rotatable bonds is 9. The summed E-state index contributed by atoms with van der Waals surface area (Å²) in [5.74, 6) is 2.16. The second kappa shape index (κ2) is 8.64. The molecular formula is C15H25NO3. The van der Waals surface area contributed by atoms with Crippen molar-refractivity contribution in [3.8, 4) is 11.5 Å². The van der Waals surface area contributed by atoms with Gasteiger partial charge in [-0.05, 0) is 24.5 Å². The highest BCUT2D eigenvalue weighted by Gasteiger charge is 2.03. The van der Waals surface area contributed by atoms with Gasteiger partial charge in [0.2, 0.25) is 0 Å². The molecule has 0 aliphatic rings. The van der Waals surface area contributed by atoms with Crippen molar-refractivity contribution in [2.75, 3.05) is 39.3 Å². The Morgan fingerprint density at radius 1 is 1.05 bits per heavy atom. The molecule has 0 spiro atoms. The summed E-state index contributed by atoms with van der Waals surface area (Å²) in [6.45, 7) is 6.72. The molecule has 4 heteroatoms. The van der Waals surface area contributed by atoms with Gasteiger partial charge in [0.25, 0.3) is 0 Å². The van der Waals surface area contributed by atoms with Gasteiger partial charge < -0.3 is 19.5 Å². The molecule has 0 aromatic heterocycles. The van der Waals surface area contributed by atoms with E-state index in [1.54, 1.807) is 14.2 Å². The smallest absolute Gasteiger partial charge is 0.162 e. The summed E-state index contributed by atoms with van der Waals surface area (Å²) in [7, 11) is 3.27. The van der Waals surface area contributed by atoms with Crippen LogP contribution in [0.25, 0.3) is 0 Å². The Balaban J connectivity index is 2.29. The lowest BCUT2D eigenvalue weighted by atomic mass is 10.1. The van der Waals surface area contributed by atoms with Crippen LogP contribution in [0.15, 0.2) is 18.2 Å². The normalized spacial score (nSPS) is 10.6. The van der Waals surface area contributed by atoms with Crippen LogP contribution in [0.3, 0.4) is 0 Å². The van der Waals surface area contributed by atoms with Gasteiger partial charge in [-0.15, -0.1) is 0 Å². The number of nitrogens with one attached hydrogen (secondary N) is 1. The summed E-state index contributed by atoms with van der Waals surface area (Å²) in [6.07, 6.45) is 1.11. The standard InChI is InChI=1S/C15H25NO3/c1-12(2)7-9-19-10-8-16-13-5-6-14(17-3)15(11-13)18-4/h5-6,11-12,16H,7-10H2,1-4H3. The zero-order chi connectivity index (χ0) is 14.1. The number of hydrogen-bond donors (Lipinski definition) is 1. The van der Waals surface area contributed by atoms with E-state index in [1.165, 1.54) is 0 Å². The summed E-state index contributed by atoms with van der Waals surface area (Å²) in [5.41, 5.74) is 1.00. The molecule has 1 aromatic rings. The van der Waals surface area contributed by atoms with Crippen molar-refractivity contribution in [3.05, 3.63) is 18.2 Å². The van der Waals surface area contributed by atoms with Gasteiger partial charge in [0.15, 0.2) is 11.5 Å². The highest BCUT2D eigenvalue weighted by molar-refractivity contribution is 5.54. The molecule has 1 rings (SSSR count). The minimum atomic E-state index is 0.693. The average Bonchev–Trinajstić information content (AvgIpc) is 2.42. The van der Waals surface area contributed by atoms with E-state index in [0.717, 1.165) is 36.8 Å². The van der Waals surface area contributed by atoms with E-state index in [1.807, 2.05) is 18.2 Å². The maximum Gasteiger partial charge on any atom is 0.162 e. The van der Waals surface area contributed by atoms with E-state index in [-0.39, 0.29) is 0 Å². The first kappa shape index (κ1) is 15.6. The van der Waals surface area contributed by atoms with E-state index in [0.29, 0.717) is 12.5 Å². The SMILES string of the molecule is COc1ccc(NCCOCCC(C)C)cc1OC. The van der Waals surface area contributed by atoms with Gasteiger partial charge in [-0.1, -0.05) is 13.8 Å². The van der Waals surface area contributed by atoms with Crippen LogP contribution in [-0.4, -0.2) is 34.0 Å². The fraction of sp³-hybridized carbons (Fsp3) is 0.600. The molecule has 0 saturated carbocycles. The van der Waals surface area contributed by atoms with Crippen LogP contribution in [0.2, 0.25) is 0 Å². The zero-order valence-electron chi connectivity index (χ0n) is 12.4. The highest BCUT2D eigenvalue weighted by Crippen LogP contribution is 2.29. The molecule has 4 nitrogen and oxygen atoms in total. The van der Waals surface area contributed by atoms with Gasteiger partial charge in [0, 0.05) is 24.9 Å². The molecule has 0 amide bonds. The summed E-state index contributed by atoms with van der Waals surface area (Å²) in [4.78, 5) is 0. The topological polar surface area (TPSA) is 39.7 Å². The molecule has 0 heterocycles. The van der Waals surface area contributed by atoms with Gasteiger partial charge >= 0.3 is 0 Å². The Labute approximate surface area is 116 Å². The molecule has 0 aliphatic heterocycles. The van der Waals surface area contributed by atoms with E-state index >= 15 is 0 Å². The Kier molecular flexibility index (Phi) is 7.11. The highest BCUT2D eigenvalue weighted by atomic mass is 16.5. The van der Waals surface area contributed by atoms with Crippen molar-refractivity contribution < 1.29 is 14.2 Å². The van der Waals surface area contributed by atoms with Crippen molar-refractivity contribution in [2.24, 2.45) is 5.92 Å². The zero-order valence-corrected chi connectivity index (χ0v) is 12.4. The number of methoxy groups -OCH3 is 2. The van der Waals surface area contributed by atoms with Gasteiger partial charge in [-0.3, -0.25) is 0 Å². The van der Waals surface area contributed by atoms with E-state index in [4.69, 9.17) is 14.2 Å². The fourth-order valence-electron chi connectivity index (χ4n) is 1.63. The predicted molar refractivity (Wildman–Crippen MR) is 78.3 cm³/mol. The largest absolute Gasteiger partial charge is 0.493 e. The van der Waals surface area contributed by atoms with Crippen LogP contribution in [0.4, 0.5) is 5.69 Å². The third-order valence-electron chi connectivity index (χ3n) is 2.80. The third-order valence-corrected chi connectivity index (χ3v) is 2.80. The summed E-state index contributed by atoms with van der Waals surface area (Å²) in [5, 5.41) is 3.30. The van der Waals surface area contributed by atoms with Crippen molar-refractivity contribution in [1.29, 1.82) is 0 Å². The minimum absolute atomic E-state index is 0.693. The Hall–Kier alpha value is -1.42. The Bertz CT molecular complexity index is 366. The molecule has 0 unspecified atom stereocenters. The molecule has 0 aliphatic carbocycles. The van der Waals surface area contributed by atoms with Gasteiger partial charge in [-0.2, -0.15) is 0 Å². The summed E-state index contributed by atoms with van der Waals surface area (Å²) in [6, 6.07) is 5.78. The third kappa shape index (κ3) is 5.83. The first-order chi connectivity index (χ1) is 9.17. The molecule has 1 aromatic carbocycles. The maximum absolute atomic E-state index is 5.55. The van der Waals surface area contributed by atoms with Crippen LogP contribution in [0.5, 0.6) is 11.5 Å². The molecule has 0 saturated heterocycles. The van der Waals surface area contributed by atoms with Crippen molar-refractivity contribution in [1.82, 2.24) is 0 Å². The first-order valence-electron chi connectivity index (χ1n) is 6.71. The number of ether oxygens (including phenoxy) is 3. The molecule has 0 fully saturated rings. The number of benzene rings is 1. The lowest BCUT2D eigenvalue weighted by Gasteiger charge is -2.11. The molecule has 19 heavy (non-hydrogen) atoms. The Morgan fingerprint density at radius 2 is 1.79 bits per heavy atom. The quantitative estimate of drug-likeness (QED) is 0.698. The van der Waals surface area contributed by atoms with Crippen LogP contribution in [0, 0.1) is 5.92 Å². The summed E-state index contributed by atoms with van der Waals surface area (Å²) >= 11 is 0. The van der Waals surface area contributed by atoms with Crippen LogP contribution in [-0.2, 0) is 4.74 Å². The Morgan fingerprint density at radius 3 is 2.42 bits per heavy atom. The minimum Gasteiger partial charge on any atom is -0.493 e. The maximum atomic E-state index is 5.55. The lowest BCUT2D eigenvalue weighted by Crippen LogP contribution is -2.10. The predicted octanol–water partition coefficient (Wildman–Crippen LogP) is 3.18. The first-order valence-corrected chi connectivity index (χ1v) is 6.71. The summed E-state index contributed by atoms with van der Waals surface area (Å²) < 4.78 is 16.0. The van der Waals surface area contributed by atoms with E-state index in [2.05, 4.69) is 19.2 Å². The molecule has 1 N–H and O–H groups in total. The molecule has 0 radical (unpaired) electrons. The van der Waals surface area contributed by atoms with Gasteiger partial charge in [0.1, 0.15) is 0 Å². The van der Waals surface area contributed by atoms with Crippen LogP contribution < -0.4 is 14.8 Å². The molecule has 108 valence electrons. The molecular weight excluding hydrogens is 242 g/mol. The van der Waals surface area contributed by atoms with Crippen molar-refractivity contribution >= 4 is 5.69 Å². The second-order valence-electron chi connectivity index (χ2n) is 4.79. The second-order valence-corrected chi connectivity index (χ2v) is 4.79. The number of hydrogen-bond acceptors (Lipinski definition) is 4. The monoisotopic (exact) mass is 267 g/mol. The van der Waals surface area contributed by atoms with Crippen LogP contribution >= 0.6 is 0 Å². The lowest BCUT2D eigenvalue weighted by molar-refractivity contribution is 0.132. The van der Waals surface area contributed by atoms with Crippen LogP contribution in [0.1, 0.15) is 20.3 Å². The molecule has 0 bridgehead atoms. The van der Waals surface area contributed by atoms with E-state index in [9.17, 15) is 0 Å². The number of anilines is 1. The van der Waals surface area contributed by atoms with Crippen molar-refractivity contribution in [2.45, 2.75) is 20.3 Å². The average molecular weight is 267 g/mol. The van der Waals surface area contributed by atoms with Gasteiger partial charge in [-0.25, -0.2) is 0 Å². The fourth-order valence-corrected chi connectivity index (χ4v) is 1.63. The molecule has 0 atom stereocenters. The van der Waals surface area contributed by atoms with Gasteiger partial charge in [0.05, 0.1) is 20.8 Å². The van der Waals surface area contributed by atoms with E-state index < -0.39 is 0 Å².